The van der Waals surface area contributed by atoms with E-state index in [0.29, 0.717) is 31.1 Å². The first-order valence-corrected chi connectivity index (χ1v) is 13.5. The number of hydrogen-bond acceptors (Lipinski definition) is 5. The monoisotopic (exact) mass is 540 g/mol. The number of carbonyl (C=O) groups excluding carboxylic acids is 1. The molecule has 0 fully saturated rings. The van der Waals surface area contributed by atoms with Gasteiger partial charge in [0.2, 0.25) is 0 Å². The van der Waals surface area contributed by atoms with Crippen molar-refractivity contribution in [3.05, 3.63) is 90.2 Å². The van der Waals surface area contributed by atoms with Crippen LogP contribution in [0.5, 0.6) is 5.75 Å². The van der Waals surface area contributed by atoms with Crippen LogP contribution in [0.3, 0.4) is 0 Å². The summed E-state index contributed by atoms with van der Waals surface area (Å²) in [5, 5.41) is 12.0. The van der Waals surface area contributed by atoms with E-state index in [2.05, 4.69) is 17.4 Å². The van der Waals surface area contributed by atoms with Crippen molar-refractivity contribution in [1.29, 1.82) is 0 Å². The van der Waals surface area contributed by atoms with Crippen LogP contribution >= 0.6 is 11.8 Å². The van der Waals surface area contributed by atoms with E-state index in [1.54, 1.807) is 60.0 Å². The Morgan fingerprint density at radius 2 is 1.79 bits per heavy atom. The lowest BCUT2D eigenvalue weighted by Gasteiger charge is -2.23. The van der Waals surface area contributed by atoms with E-state index in [1.165, 1.54) is 17.0 Å². The quantitative estimate of drug-likeness (QED) is 0.183. The first-order chi connectivity index (χ1) is 18.4. The van der Waals surface area contributed by atoms with E-state index >= 15 is 0 Å². The fourth-order valence-corrected chi connectivity index (χ4v) is 4.53. The summed E-state index contributed by atoms with van der Waals surface area (Å²) in [7, 11) is 0. The Morgan fingerprint density at radius 1 is 1.03 bits per heavy atom. The summed E-state index contributed by atoms with van der Waals surface area (Å²) in [6.45, 7) is 3.20. The summed E-state index contributed by atoms with van der Waals surface area (Å²) in [6, 6.07) is 22.7. The smallest absolute Gasteiger partial charge is 0.333 e. The van der Waals surface area contributed by atoms with Crippen LogP contribution < -0.4 is 10.1 Å². The molecule has 0 saturated carbocycles. The summed E-state index contributed by atoms with van der Waals surface area (Å²) < 4.78 is 24.7. The van der Waals surface area contributed by atoms with Gasteiger partial charge in [-0.3, -0.25) is 0 Å². The Balaban J connectivity index is 1.53. The van der Waals surface area contributed by atoms with Crippen LogP contribution in [0.1, 0.15) is 18.9 Å². The highest BCUT2D eigenvalue weighted by Gasteiger charge is 2.18. The molecule has 0 aliphatic rings. The lowest BCUT2D eigenvalue weighted by atomic mass is 10.1. The van der Waals surface area contributed by atoms with Crippen LogP contribution in [0.4, 0.5) is 14.9 Å². The third-order valence-corrected chi connectivity index (χ3v) is 6.66. The number of anilines is 1. The van der Waals surface area contributed by atoms with Gasteiger partial charge < -0.3 is 24.8 Å². The van der Waals surface area contributed by atoms with Gasteiger partial charge in [0.25, 0.3) is 0 Å². The first-order valence-electron chi connectivity index (χ1n) is 12.5. The largest absolute Gasteiger partial charge is 0.492 e. The minimum absolute atomic E-state index is 0.262. The Bertz CT molecular complexity index is 1150. The number of carboxylic acid groups (broad SMARTS) is 1. The highest BCUT2D eigenvalue weighted by atomic mass is 32.2. The zero-order chi connectivity index (χ0) is 27.2. The fourth-order valence-electron chi connectivity index (χ4n) is 3.67. The Hall–Kier alpha value is -3.56. The number of benzene rings is 3. The molecule has 0 aliphatic carbocycles. The topological polar surface area (TPSA) is 88.1 Å². The number of halogens is 1. The second-order valence-corrected chi connectivity index (χ2v) is 9.59. The fraction of sp³-hybridized carbons (Fsp3) is 0.310. The maximum Gasteiger partial charge on any atom is 0.333 e. The summed E-state index contributed by atoms with van der Waals surface area (Å²) in [4.78, 5) is 27.1. The van der Waals surface area contributed by atoms with Crippen molar-refractivity contribution in [3.8, 4) is 5.75 Å². The summed E-state index contributed by atoms with van der Waals surface area (Å²) in [6.07, 6.45) is 0.144. The minimum Gasteiger partial charge on any atom is -0.492 e. The third-order valence-electron chi connectivity index (χ3n) is 5.57. The van der Waals surface area contributed by atoms with Crippen LogP contribution in [0, 0.1) is 5.82 Å². The lowest BCUT2D eigenvalue weighted by molar-refractivity contribution is -0.149. The highest BCUT2D eigenvalue weighted by Crippen LogP contribution is 2.19. The highest BCUT2D eigenvalue weighted by molar-refractivity contribution is 7.99. The number of carboxylic acids is 1. The number of thioether (sulfide) groups is 1. The molecule has 0 bridgehead atoms. The van der Waals surface area contributed by atoms with Gasteiger partial charge in [-0.25, -0.2) is 14.0 Å². The Kier molecular flexibility index (Phi) is 11.9. The van der Waals surface area contributed by atoms with Gasteiger partial charge in [0, 0.05) is 30.2 Å². The molecule has 202 valence electrons. The van der Waals surface area contributed by atoms with E-state index in [-0.39, 0.29) is 19.1 Å². The van der Waals surface area contributed by atoms with Crippen molar-refractivity contribution in [3.63, 3.8) is 0 Å². The van der Waals surface area contributed by atoms with Gasteiger partial charge >= 0.3 is 12.0 Å². The van der Waals surface area contributed by atoms with Crippen LogP contribution in [-0.2, 0) is 16.0 Å². The van der Waals surface area contributed by atoms with E-state index < -0.39 is 17.9 Å². The summed E-state index contributed by atoms with van der Waals surface area (Å²) in [5.74, 6) is 0.0410. The van der Waals surface area contributed by atoms with Crippen molar-refractivity contribution in [2.45, 2.75) is 30.8 Å². The summed E-state index contributed by atoms with van der Waals surface area (Å²) >= 11 is 1.73. The molecule has 0 aromatic heterocycles. The number of nitrogens with one attached hydrogen (secondary N) is 1. The van der Waals surface area contributed by atoms with Crippen molar-refractivity contribution in [2.24, 2.45) is 0 Å². The van der Waals surface area contributed by atoms with Gasteiger partial charge in [-0.05, 0) is 67.1 Å². The number of urea groups is 1. The number of hydrogen-bond donors (Lipinski definition) is 2. The van der Waals surface area contributed by atoms with Crippen LogP contribution in [0.15, 0.2) is 83.8 Å². The first kappa shape index (κ1) is 29.0. The number of rotatable bonds is 15. The van der Waals surface area contributed by atoms with Crippen molar-refractivity contribution >= 4 is 29.4 Å². The number of carbonyl (C=O) groups is 2. The van der Waals surface area contributed by atoms with E-state index in [9.17, 15) is 19.1 Å². The van der Waals surface area contributed by atoms with E-state index in [4.69, 9.17) is 9.47 Å². The van der Waals surface area contributed by atoms with Gasteiger partial charge in [-0.15, -0.1) is 11.8 Å². The van der Waals surface area contributed by atoms with Gasteiger partial charge in [0.05, 0.1) is 6.54 Å². The molecule has 3 rings (SSSR count). The normalized spacial score (nSPS) is 11.5. The molecule has 0 saturated heterocycles. The molecule has 1 atom stereocenters. The molecule has 3 aromatic carbocycles. The lowest BCUT2D eigenvalue weighted by Crippen LogP contribution is -2.38. The second-order valence-electron chi connectivity index (χ2n) is 8.42. The Morgan fingerprint density at radius 3 is 2.47 bits per heavy atom. The zero-order valence-corrected chi connectivity index (χ0v) is 22.2. The standard InChI is InChI=1S/C29H33FN2O5S/c1-2-36-27(28(33)34)20-22-12-14-25(15-13-22)37-18-17-32(16-7-19-38-26-10-4-3-5-11-26)29(35)31-24-9-6-8-23(30)21-24/h3-6,8-15,21,27H,2,7,16-20H2,1H3,(H,31,35)(H,33,34). The zero-order valence-electron chi connectivity index (χ0n) is 21.3. The molecule has 0 spiro atoms. The number of aliphatic carboxylic acids is 1. The third kappa shape index (κ3) is 10.1. The molecule has 0 radical (unpaired) electrons. The maximum absolute atomic E-state index is 13.6. The average Bonchev–Trinajstić information content (AvgIpc) is 2.91. The SMILES string of the molecule is CCOC(Cc1ccc(OCCN(CCCSc2ccccc2)C(=O)Nc2cccc(F)c2)cc1)C(=O)O. The molecule has 7 nitrogen and oxygen atoms in total. The number of nitrogens with zero attached hydrogens (tertiary/aromatic N) is 1. The van der Waals surface area contributed by atoms with Gasteiger partial charge in [0.15, 0.2) is 6.10 Å². The predicted octanol–water partition coefficient (Wildman–Crippen LogP) is 5.95. The minimum atomic E-state index is -0.994. The number of ether oxygens (including phenoxy) is 2. The average molecular weight is 541 g/mol. The van der Waals surface area contributed by atoms with Crippen LogP contribution in [0.2, 0.25) is 0 Å². The molecule has 3 aromatic rings. The second kappa shape index (κ2) is 15.6. The van der Waals surface area contributed by atoms with Gasteiger partial charge in [-0.2, -0.15) is 0 Å². The molecule has 9 heteroatoms. The molecular weight excluding hydrogens is 507 g/mol. The van der Waals surface area contributed by atoms with E-state index in [0.717, 1.165) is 17.7 Å². The van der Waals surface area contributed by atoms with Crippen LogP contribution in [0.25, 0.3) is 0 Å². The molecular formula is C29H33FN2O5S. The molecule has 2 amide bonds. The van der Waals surface area contributed by atoms with Crippen molar-refractivity contribution in [2.75, 3.05) is 37.4 Å². The van der Waals surface area contributed by atoms with Crippen molar-refractivity contribution in [1.82, 2.24) is 4.90 Å². The Labute approximate surface area is 227 Å². The van der Waals surface area contributed by atoms with Crippen LogP contribution in [-0.4, -0.2) is 60.2 Å². The molecule has 0 heterocycles. The predicted molar refractivity (Wildman–Crippen MR) is 147 cm³/mol. The number of amides is 2. The van der Waals surface area contributed by atoms with Crippen molar-refractivity contribution < 1.29 is 28.6 Å². The van der Waals surface area contributed by atoms with E-state index in [1.807, 2.05) is 18.2 Å². The molecule has 2 N–H and O–H groups in total. The summed E-state index contributed by atoms with van der Waals surface area (Å²) in [5.41, 5.74) is 1.21. The molecule has 38 heavy (non-hydrogen) atoms. The molecule has 1 unspecified atom stereocenters. The molecule has 0 aliphatic heterocycles. The maximum atomic E-state index is 13.6. The van der Waals surface area contributed by atoms with Gasteiger partial charge in [-0.1, -0.05) is 36.4 Å². The van der Waals surface area contributed by atoms with Gasteiger partial charge in [0.1, 0.15) is 18.2 Å².